The summed E-state index contributed by atoms with van der Waals surface area (Å²) in [4.78, 5) is 22.4. The van der Waals surface area contributed by atoms with Crippen LogP contribution in [0.4, 0.5) is 5.69 Å². The summed E-state index contributed by atoms with van der Waals surface area (Å²) in [5.74, 6) is -0.128. The van der Waals surface area contributed by atoms with E-state index < -0.39 is 0 Å². The number of carbonyl (C=O) groups is 1. The van der Waals surface area contributed by atoms with E-state index in [0.717, 1.165) is 6.42 Å². The number of nitrogens with zero attached hydrogens (tertiary/aromatic N) is 1. The highest BCUT2D eigenvalue weighted by Gasteiger charge is 2.01. The SMILES string of the molecule is CCCn1cc(NC(=O)CBr)ccc1=O. The number of aromatic nitrogens is 1. The minimum absolute atomic E-state index is 0.0475. The fourth-order valence-electron chi connectivity index (χ4n) is 1.22. The standard InChI is InChI=1S/C10H13BrN2O2/c1-2-5-13-7-8(3-4-10(13)15)12-9(14)6-11/h3-4,7H,2,5-6H2,1H3,(H,12,14). The Balaban J connectivity index is 2.87. The third kappa shape index (κ3) is 3.51. The molecule has 1 N–H and O–H groups in total. The van der Waals surface area contributed by atoms with Crippen molar-refractivity contribution in [3.63, 3.8) is 0 Å². The summed E-state index contributed by atoms with van der Waals surface area (Å²) in [7, 11) is 0. The van der Waals surface area contributed by atoms with Crippen molar-refractivity contribution in [3.05, 3.63) is 28.7 Å². The third-order valence-electron chi connectivity index (χ3n) is 1.85. The lowest BCUT2D eigenvalue weighted by Crippen LogP contribution is -2.20. The number of aryl methyl sites for hydroxylation is 1. The Hall–Kier alpha value is -1.10. The average Bonchev–Trinajstić information content (AvgIpc) is 2.23. The normalized spacial score (nSPS) is 10.0. The summed E-state index contributed by atoms with van der Waals surface area (Å²) in [6.07, 6.45) is 2.54. The Kier molecular flexibility index (Phi) is 4.55. The van der Waals surface area contributed by atoms with Gasteiger partial charge in [-0.05, 0) is 12.5 Å². The maximum absolute atomic E-state index is 11.4. The molecule has 0 aliphatic rings. The Bertz CT molecular complexity index is 401. The van der Waals surface area contributed by atoms with Crippen molar-refractivity contribution in [1.82, 2.24) is 4.57 Å². The van der Waals surface area contributed by atoms with Gasteiger partial charge in [0.05, 0.1) is 11.0 Å². The van der Waals surface area contributed by atoms with E-state index in [-0.39, 0.29) is 16.8 Å². The summed E-state index contributed by atoms with van der Waals surface area (Å²) < 4.78 is 1.59. The minimum atomic E-state index is -0.128. The number of nitrogens with one attached hydrogen (secondary N) is 1. The number of amides is 1. The summed E-state index contributed by atoms with van der Waals surface area (Å²) in [5.41, 5.74) is 0.598. The summed E-state index contributed by atoms with van der Waals surface area (Å²) >= 11 is 3.06. The molecule has 0 saturated heterocycles. The lowest BCUT2D eigenvalue weighted by Gasteiger charge is -2.07. The lowest BCUT2D eigenvalue weighted by atomic mass is 10.3. The maximum atomic E-state index is 11.4. The molecular weight excluding hydrogens is 260 g/mol. The molecule has 5 heteroatoms. The number of anilines is 1. The molecule has 0 unspecified atom stereocenters. The zero-order valence-electron chi connectivity index (χ0n) is 8.50. The Morgan fingerprint density at radius 1 is 1.53 bits per heavy atom. The molecule has 82 valence electrons. The van der Waals surface area contributed by atoms with E-state index in [1.807, 2.05) is 6.92 Å². The predicted octanol–water partition coefficient (Wildman–Crippen LogP) is 1.59. The molecule has 1 rings (SSSR count). The number of alkyl halides is 1. The first-order valence-electron chi connectivity index (χ1n) is 4.73. The van der Waals surface area contributed by atoms with E-state index in [0.29, 0.717) is 12.2 Å². The van der Waals surface area contributed by atoms with Gasteiger partial charge in [-0.3, -0.25) is 9.59 Å². The molecule has 1 aromatic rings. The van der Waals surface area contributed by atoms with Crippen LogP contribution < -0.4 is 10.9 Å². The first kappa shape index (κ1) is 12.0. The minimum Gasteiger partial charge on any atom is -0.324 e. The molecule has 0 fully saturated rings. The van der Waals surface area contributed by atoms with Crippen LogP contribution in [-0.4, -0.2) is 15.8 Å². The van der Waals surface area contributed by atoms with Gasteiger partial charge in [-0.1, -0.05) is 22.9 Å². The largest absolute Gasteiger partial charge is 0.324 e. The first-order valence-corrected chi connectivity index (χ1v) is 5.86. The molecule has 4 nitrogen and oxygen atoms in total. The Morgan fingerprint density at radius 2 is 2.27 bits per heavy atom. The van der Waals surface area contributed by atoms with Gasteiger partial charge in [0.2, 0.25) is 5.91 Å². The average molecular weight is 273 g/mol. The van der Waals surface area contributed by atoms with Gasteiger partial charge in [-0.25, -0.2) is 0 Å². The maximum Gasteiger partial charge on any atom is 0.250 e. The monoisotopic (exact) mass is 272 g/mol. The van der Waals surface area contributed by atoms with Crippen molar-refractivity contribution < 1.29 is 4.79 Å². The van der Waals surface area contributed by atoms with Crippen molar-refractivity contribution in [2.24, 2.45) is 0 Å². The molecular formula is C10H13BrN2O2. The lowest BCUT2D eigenvalue weighted by molar-refractivity contribution is -0.113. The van der Waals surface area contributed by atoms with Gasteiger partial charge >= 0.3 is 0 Å². The quantitative estimate of drug-likeness (QED) is 0.847. The number of carbonyl (C=O) groups excluding carboxylic acids is 1. The molecule has 1 heterocycles. The van der Waals surface area contributed by atoms with Gasteiger partial charge in [-0.15, -0.1) is 0 Å². The van der Waals surface area contributed by atoms with E-state index in [1.165, 1.54) is 6.07 Å². The molecule has 0 aliphatic carbocycles. The van der Waals surface area contributed by atoms with E-state index >= 15 is 0 Å². The van der Waals surface area contributed by atoms with Gasteiger partial charge in [0.1, 0.15) is 0 Å². The zero-order chi connectivity index (χ0) is 11.3. The van der Waals surface area contributed by atoms with Gasteiger partial charge < -0.3 is 9.88 Å². The van der Waals surface area contributed by atoms with Crippen LogP contribution in [0, 0.1) is 0 Å². The second kappa shape index (κ2) is 5.70. The van der Waals surface area contributed by atoms with Crippen LogP contribution in [-0.2, 0) is 11.3 Å². The molecule has 15 heavy (non-hydrogen) atoms. The first-order chi connectivity index (χ1) is 7.17. The van der Waals surface area contributed by atoms with Crippen LogP contribution in [0.25, 0.3) is 0 Å². The fraction of sp³-hybridized carbons (Fsp3) is 0.400. The third-order valence-corrected chi connectivity index (χ3v) is 2.36. The van der Waals surface area contributed by atoms with Crippen LogP contribution >= 0.6 is 15.9 Å². The van der Waals surface area contributed by atoms with Crippen LogP contribution in [0.3, 0.4) is 0 Å². The van der Waals surface area contributed by atoms with E-state index in [1.54, 1.807) is 16.8 Å². The molecule has 0 bridgehead atoms. The van der Waals surface area contributed by atoms with Gasteiger partial charge in [0.25, 0.3) is 5.56 Å². The molecule has 0 saturated carbocycles. The number of hydrogen-bond acceptors (Lipinski definition) is 2. The molecule has 0 aliphatic heterocycles. The summed E-state index contributed by atoms with van der Waals surface area (Å²) in [6.45, 7) is 2.66. The Labute approximate surface area is 96.4 Å². The molecule has 0 radical (unpaired) electrons. The van der Waals surface area contributed by atoms with Crippen molar-refractivity contribution in [1.29, 1.82) is 0 Å². The van der Waals surface area contributed by atoms with Crippen LogP contribution in [0.1, 0.15) is 13.3 Å². The zero-order valence-corrected chi connectivity index (χ0v) is 10.1. The Morgan fingerprint density at radius 3 is 2.87 bits per heavy atom. The smallest absolute Gasteiger partial charge is 0.250 e. The summed E-state index contributed by atoms with van der Waals surface area (Å²) in [5, 5.41) is 2.92. The molecule has 0 spiro atoms. The number of rotatable bonds is 4. The molecule has 0 aromatic carbocycles. The number of hydrogen-bond donors (Lipinski definition) is 1. The highest BCUT2D eigenvalue weighted by atomic mass is 79.9. The van der Waals surface area contributed by atoms with Crippen LogP contribution in [0.5, 0.6) is 0 Å². The van der Waals surface area contributed by atoms with E-state index in [9.17, 15) is 9.59 Å². The fourth-order valence-corrected chi connectivity index (χ4v) is 1.36. The van der Waals surface area contributed by atoms with Crippen molar-refractivity contribution >= 4 is 27.5 Å². The van der Waals surface area contributed by atoms with Crippen molar-refractivity contribution in [2.45, 2.75) is 19.9 Å². The van der Waals surface area contributed by atoms with Gasteiger partial charge in [-0.2, -0.15) is 0 Å². The number of pyridine rings is 1. The van der Waals surface area contributed by atoms with Gasteiger partial charge in [0.15, 0.2) is 0 Å². The molecule has 1 amide bonds. The predicted molar refractivity (Wildman–Crippen MR) is 63.4 cm³/mol. The highest BCUT2D eigenvalue weighted by Crippen LogP contribution is 2.04. The van der Waals surface area contributed by atoms with Gasteiger partial charge in [0, 0.05) is 18.8 Å². The van der Waals surface area contributed by atoms with E-state index in [2.05, 4.69) is 21.2 Å². The van der Waals surface area contributed by atoms with Crippen LogP contribution in [0.15, 0.2) is 23.1 Å². The summed E-state index contributed by atoms with van der Waals surface area (Å²) in [6, 6.07) is 3.06. The second-order valence-electron chi connectivity index (χ2n) is 3.13. The second-order valence-corrected chi connectivity index (χ2v) is 3.69. The van der Waals surface area contributed by atoms with Crippen molar-refractivity contribution in [3.8, 4) is 0 Å². The highest BCUT2D eigenvalue weighted by molar-refractivity contribution is 9.09. The topological polar surface area (TPSA) is 51.1 Å². The molecule has 1 aromatic heterocycles. The van der Waals surface area contributed by atoms with E-state index in [4.69, 9.17) is 0 Å². The molecule has 0 atom stereocenters. The van der Waals surface area contributed by atoms with Crippen LogP contribution in [0.2, 0.25) is 0 Å². The number of halogens is 1. The van der Waals surface area contributed by atoms with Crippen molar-refractivity contribution in [2.75, 3.05) is 10.6 Å².